The fourth-order valence-electron chi connectivity index (χ4n) is 0.800. The van der Waals surface area contributed by atoms with E-state index in [4.69, 9.17) is 5.21 Å². The molecule has 1 heterocycles. The molecule has 1 N–H and O–H groups in total. The van der Waals surface area contributed by atoms with Gasteiger partial charge in [-0.2, -0.15) is 0 Å². The number of aromatic nitrogens is 1. The molecule has 66 valence electrons. The molecule has 4 heteroatoms. The number of pyridine rings is 1. The molecule has 1 aromatic heterocycles. The summed E-state index contributed by atoms with van der Waals surface area (Å²) in [5.74, 6) is 0. The van der Waals surface area contributed by atoms with Crippen LogP contribution in [-0.2, 0) is 7.05 Å². The largest absolute Gasteiger partial charge is 1.00 e. The first kappa shape index (κ1) is 11.4. The maximum absolute atomic E-state index is 8.44. The van der Waals surface area contributed by atoms with Gasteiger partial charge in [-0.25, -0.2) is 4.57 Å². The van der Waals surface area contributed by atoms with E-state index in [-0.39, 0.29) is 24.0 Å². The minimum atomic E-state index is 0. The number of rotatable bonds is 1. The van der Waals surface area contributed by atoms with Gasteiger partial charge in [0, 0.05) is 17.7 Å². The number of nitrogens with zero attached hydrogens (tertiary/aromatic N) is 2. The standard InChI is InChI=1S/C8H10N2O.HI/c1-7(9-11)8-3-5-10(2)6-4-8;/h3-6H,1-2H3;1H. The van der Waals surface area contributed by atoms with Crippen molar-refractivity contribution in [2.75, 3.05) is 0 Å². The maximum atomic E-state index is 8.44. The smallest absolute Gasteiger partial charge is 0.169 e. The summed E-state index contributed by atoms with van der Waals surface area (Å²) >= 11 is 0. The fourth-order valence-corrected chi connectivity index (χ4v) is 0.800. The topological polar surface area (TPSA) is 36.5 Å². The average Bonchev–Trinajstić information content (AvgIpc) is 2.05. The minimum absolute atomic E-state index is 0. The Labute approximate surface area is 88.7 Å². The van der Waals surface area contributed by atoms with Crippen LogP contribution in [0.5, 0.6) is 0 Å². The van der Waals surface area contributed by atoms with Gasteiger partial charge in [0.2, 0.25) is 0 Å². The number of aryl methyl sites for hydroxylation is 1. The van der Waals surface area contributed by atoms with Gasteiger partial charge in [-0.05, 0) is 6.92 Å². The van der Waals surface area contributed by atoms with Gasteiger partial charge in [0.25, 0.3) is 0 Å². The van der Waals surface area contributed by atoms with Gasteiger partial charge in [0.1, 0.15) is 7.05 Å². The summed E-state index contributed by atoms with van der Waals surface area (Å²) in [5.41, 5.74) is 1.57. The fraction of sp³-hybridized carbons (Fsp3) is 0.250. The molecule has 3 nitrogen and oxygen atoms in total. The van der Waals surface area contributed by atoms with E-state index in [1.54, 1.807) is 6.92 Å². The molecule has 0 saturated heterocycles. The van der Waals surface area contributed by atoms with E-state index in [0.717, 1.165) is 5.56 Å². The van der Waals surface area contributed by atoms with Gasteiger partial charge in [0.15, 0.2) is 12.4 Å². The van der Waals surface area contributed by atoms with Crippen molar-refractivity contribution in [3.8, 4) is 0 Å². The zero-order valence-corrected chi connectivity index (χ0v) is 9.19. The van der Waals surface area contributed by atoms with Crippen molar-refractivity contribution in [3.63, 3.8) is 0 Å². The first-order valence-corrected chi connectivity index (χ1v) is 3.38. The molecule has 0 aliphatic heterocycles. The predicted octanol–water partition coefficient (Wildman–Crippen LogP) is -2.29. The highest BCUT2D eigenvalue weighted by Gasteiger charge is 1.98. The Morgan fingerprint density at radius 1 is 1.42 bits per heavy atom. The van der Waals surface area contributed by atoms with Crippen molar-refractivity contribution in [3.05, 3.63) is 30.1 Å². The van der Waals surface area contributed by atoms with Crippen LogP contribution in [0.4, 0.5) is 0 Å². The Kier molecular flexibility index (Phi) is 4.80. The second-order valence-electron chi connectivity index (χ2n) is 2.44. The summed E-state index contributed by atoms with van der Waals surface area (Å²) < 4.78 is 1.92. The molecule has 0 amide bonds. The van der Waals surface area contributed by atoms with E-state index >= 15 is 0 Å². The van der Waals surface area contributed by atoms with Crippen LogP contribution >= 0.6 is 0 Å². The maximum Gasteiger partial charge on any atom is 0.169 e. The molecule has 0 aliphatic rings. The SMILES string of the molecule is CC(=NO)c1cc[n+](C)cc1.[I-]. The van der Waals surface area contributed by atoms with E-state index < -0.39 is 0 Å². The molecule has 0 spiro atoms. The van der Waals surface area contributed by atoms with Crippen molar-refractivity contribution >= 4 is 5.71 Å². The van der Waals surface area contributed by atoms with E-state index in [1.807, 2.05) is 36.1 Å². The lowest BCUT2D eigenvalue weighted by atomic mass is 10.2. The third-order valence-electron chi connectivity index (χ3n) is 1.55. The predicted molar refractivity (Wildman–Crippen MR) is 41.6 cm³/mol. The number of oxime groups is 1. The summed E-state index contributed by atoms with van der Waals surface area (Å²) in [7, 11) is 1.94. The molecule has 0 bridgehead atoms. The molecule has 0 fully saturated rings. The highest BCUT2D eigenvalue weighted by atomic mass is 127. The van der Waals surface area contributed by atoms with E-state index in [2.05, 4.69) is 5.16 Å². The molecule has 0 atom stereocenters. The number of hydrogen-bond donors (Lipinski definition) is 1. The summed E-state index contributed by atoms with van der Waals surface area (Å²) in [5, 5.41) is 11.5. The molecule has 0 aromatic carbocycles. The molecule has 0 radical (unpaired) electrons. The van der Waals surface area contributed by atoms with Crippen LogP contribution in [0.2, 0.25) is 0 Å². The van der Waals surface area contributed by atoms with Crippen LogP contribution in [0.15, 0.2) is 29.7 Å². The van der Waals surface area contributed by atoms with Gasteiger partial charge in [-0.1, -0.05) is 5.16 Å². The monoisotopic (exact) mass is 278 g/mol. The van der Waals surface area contributed by atoms with E-state index in [9.17, 15) is 0 Å². The Morgan fingerprint density at radius 3 is 2.33 bits per heavy atom. The first-order chi connectivity index (χ1) is 5.24. The van der Waals surface area contributed by atoms with Gasteiger partial charge < -0.3 is 29.2 Å². The van der Waals surface area contributed by atoms with Crippen LogP contribution < -0.4 is 28.5 Å². The first-order valence-electron chi connectivity index (χ1n) is 3.38. The van der Waals surface area contributed by atoms with Crippen molar-refractivity contribution in [1.82, 2.24) is 0 Å². The van der Waals surface area contributed by atoms with Crippen LogP contribution in [0.3, 0.4) is 0 Å². The lowest BCUT2D eigenvalue weighted by Crippen LogP contribution is -3.00. The van der Waals surface area contributed by atoms with E-state index in [0.29, 0.717) is 5.71 Å². The van der Waals surface area contributed by atoms with Gasteiger partial charge in [-0.15, -0.1) is 0 Å². The molecular weight excluding hydrogens is 267 g/mol. The normalized spacial score (nSPS) is 10.7. The molecule has 0 saturated carbocycles. The van der Waals surface area contributed by atoms with Crippen molar-refractivity contribution in [2.24, 2.45) is 12.2 Å². The third kappa shape index (κ3) is 2.77. The van der Waals surface area contributed by atoms with Crippen molar-refractivity contribution < 1.29 is 33.8 Å². The third-order valence-corrected chi connectivity index (χ3v) is 1.55. The second kappa shape index (κ2) is 5.08. The van der Waals surface area contributed by atoms with Crippen LogP contribution in [0.1, 0.15) is 12.5 Å². The van der Waals surface area contributed by atoms with Gasteiger partial charge in [-0.3, -0.25) is 0 Å². The van der Waals surface area contributed by atoms with Crippen LogP contribution in [0.25, 0.3) is 0 Å². The molecular formula is C8H11IN2O. The Morgan fingerprint density at radius 2 is 1.92 bits per heavy atom. The summed E-state index contributed by atoms with van der Waals surface area (Å²) in [4.78, 5) is 0. The van der Waals surface area contributed by atoms with Crippen molar-refractivity contribution in [1.29, 1.82) is 0 Å². The zero-order chi connectivity index (χ0) is 8.27. The summed E-state index contributed by atoms with van der Waals surface area (Å²) in [6.45, 7) is 1.76. The molecule has 0 aliphatic carbocycles. The summed E-state index contributed by atoms with van der Waals surface area (Å²) in [6, 6.07) is 3.80. The van der Waals surface area contributed by atoms with Gasteiger partial charge >= 0.3 is 0 Å². The Hall–Kier alpha value is -0.650. The second-order valence-corrected chi connectivity index (χ2v) is 2.44. The number of halogens is 1. The average molecular weight is 278 g/mol. The van der Waals surface area contributed by atoms with Crippen LogP contribution in [-0.4, -0.2) is 10.9 Å². The lowest BCUT2D eigenvalue weighted by Gasteiger charge is -1.94. The van der Waals surface area contributed by atoms with Crippen LogP contribution in [0, 0.1) is 0 Å². The molecule has 1 rings (SSSR count). The molecule has 0 unspecified atom stereocenters. The van der Waals surface area contributed by atoms with E-state index in [1.165, 1.54) is 0 Å². The highest BCUT2D eigenvalue weighted by molar-refractivity contribution is 5.97. The molecule has 1 aromatic rings. The Balaban J connectivity index is 0.00000121. The molecule has 12 heavy (non-hydrogen) atoms. The highest BCUT2D eigenvalue weighted by Crippen LogP contribution is 1.96. The lowest BCUT2D eigenvalue weighted by molar-refractivity contribution is -0.671. The number of hydrogen-bond acceptors (Lipinski definition) is 2. The van der Waals surface area contributed by atoms with Gasteiger partial charge in [0.05, 0.1) is 5.71 Å². The zero-order valence-electron chi connectivity index (χ0n) is 7.03. The summed E-state index contributed by atoms with van der Waals surface area (Å²) in [6.07, 6.45) is 3.81. The minimum Gasteiger partial charge on any atom is -1.00 e. The Bertz CT molecular complexity index is 269. The quantitative estimate of drug-likeness (QED) is 0.203. The van der Waals surface area contributed by atoms with Crippen molar-refractivity contribution in [2.45, 2.75) is 6.92 Å².